The Hall–Kier alpha value is -2.00. The number of aliphatic hydroxyl groups excluding tert-OH is 1. The third-order valence-corrected chi connectivity index (χ3v) is 5.10. The molecule has 0 spiro atoms. The molecule has 0 aromatic heterocycles. The summed E-state index contributed by atoms with van der Waals surface area (Å²) in [6, 6.07) is 3.09. The van der Waals surface area contributed by atoms with Gasteiger partial charge in [-0.3, -0.25) is 10.1 Å². The number of nitrogens with zero attached hydrogens (tertiary/aromatic N) is 2. The van der Waals surface area contributed by atoms with Crippen molar-refractivity contribution >= 4 is 33.3 Å². The van der Waals surface area contributed by atoms with Crippen LogP contribution in [0.25, 0.3) is 0 Å². The maximum Gasteiger partial charge on any atom is 0.490 e. The molecule has 0 radical (unpaired) electrons. The van der Waals surface area contributed by atoms with Crippen molar-refractivity contribution in [1.29, 1.82) is 0 Å². The Kier molecular flexibility index (Phi) is 9.60. The lowest BCUT2D eigenvalue weighted by atomic mass is 10.3. The molecule has 0 aliphatic heterocycles. The van der Waals surface area contributed by atoms with Crippen molar-refractivity contribution in [3.8, 4) is 0 Å². The molecule has 4 N–H and O–H groups in total. The van der Waals surface area contributed by atoms with Crippen LogP contribution >= 0.6 is 11.6 Å². The van der Waals surface area contributed by atoms with Crippen LogP contribution in [0.4, 0.5) is 18.9 Å². The number of nitro benzene ring substituents is 1. The van der Waals surface area contributed by atoms with Crippen molar-refractivity contribution in [1.82, 2.24) is 4.31 Å². The molecule has 0 atom stereocenters. The molecule has 1 aromatic carbocycles. The number of halogens is 4. The van der Waals surface area contributed by atoms with E-state index >= 15 is 0 Å². The maximum atomic E-state index is 12.3. The third-order valence-electron chi connectivity index (χ3n) is 2.71. The number of carboxylic acid groups (broad SMARTS) is 1. The Morgan fingerprint density at radius 2 is 1.85 bits per heavy atom. The number of rotatable bonds is 7. The predicted octanol–water partition coefficient (Wildman–Crippen LogP) is 0.823. The SMILES string of the molecule is NCCN(CCO)S(=O)(=O)c1ccc([N+](=O)[O-])cc1Cl.O=C(O)C(F)(F)F. The van der Waals surface area contributed by atoms with Gasteiger partial charge in [-0.05, 0) is 6.07 Å². The van der Waals surface area contributed by atoms with Crippen LogP contribution in [0.2, 0.25) is 5.02 Å². The molecule has 10 nitrogen and oxygen atoms in total. The largest absolute Gasteiger partial charge is 0.490 e. The highest BCUT2D eigenvalue weighted by atomic mass is 35.5. The maximum absolute atomic E-state index is 12.3. The normalized spacial score (nSPS) is 11.7. The molecule has 0 saturated carbocycles. The minimum absolute atomic E-state index is 0.0101. The second-order valence-electron chi connectivity index (χ2n) is 4.59. The molecule has 0 amide bonds. The molecule has 0 aliphatic carbocycles. The highest BCUT2D eigenvalue weighted by Gasteiger charge is 2.38. The Morgan fingerprint density at radius 3 is 2.19 bits per heavy atom. The zero-order chi connectivity index (χ0) is 21.4. The van der Waals surface area contributed by atoms with E-state index in [1.54, 1.807) is 0 Å². The molecule has 27 heavy (non-hydrogen) atoms. The van der Waals surface area contributed by atoms with Gasteiger partial charge in [0.15, 0.2) is 0 Å². The molecule has 1 aromatic rings. The number of hydrogen-bond donors (Lipinski definition) is 3. The number of benzene rings is 1. The number of aliphatic carboxylic acids is 1. The van der Waals surface area contributed by atoms with E-state index in [4.69, 9.17) is 32.3 Å². The lowest BCUT2D eigenvalue weighted by Crippen LogP contribution is -2.37. The Bertz CT molecular complexity index is 768. The van der Waals surface area contributed by atoms with Crippen LogP contribution in [-0.4, -0.2) is 66.2 Å². The fraction of sp³-hybridized carbons (Fsp3) is 0.417. The van der Waals surface area contributed by atoms with Gasteiger partial charge in [0, 0.05) is 31.8 Å². The second-order valence-corrected chi connectivity index (χ2v) is 6.90. The van der Waals surface area contributed by atoms with Crippen molar-refractivity contribution in [2.24, 2.45) is 5.73 Å². The fourth-order valence-corrected chi connectivity index (χ4v) is 3.52. The highest BCUT2D eigenvalue weighted by Crippen LogP contribution is 2.28. The number of carbonyl (C=O) groups is 1. The van der Waals surface area contributed by atoms with E-state index in [0.29, 0.717) is 0 Å². The van der Waals surface area contributed by atoms with E-state index in [1.165, 1.54) is 0 Å². The Balaban J connectivity index is 0.000000821. The first kappa shape index (κ1) is 25.0. The number of hydrogen-bond acceptors (Lipinski definition) is 7. The van der Waals surface area contributed by atoms with Crippen LogP contribution in [0, 0.1) is 10.1 Å². The van der Waals surface area contributed by atoms with Crippen molar-refractivity contribution in [2.75, 3.05) is 26.2 Å². The van der Waals surface area contributed by atoms with Crippen LogP contribution in [0.1, 0.15) is 0 Å². The van der Waals surface area contributed by atoms with Crippen LogP contribution < -0.4 is 5.73 Å². The Labute approximate surface area is 156 Å². The summed E-state index contributed by atoms with van der Waals surface area (Å²) in [5.41, 5.74) is 5.02. The summed E-state index contributed by atoms with van der Waals surface area (Å²) in [6.07, 6.45) is -5.08. The molecular weight excluding hydrogens is 423 g/mol. The van der Waals surface area contributed by atoms with Crippen molar-refractivity contribution < 1.29 is 41.5 Å². The van der Waals surface area contributed by atoms with Crippen molar-refractivity contribution in [2.45, 2.75) is 11.1 Å². The van der Waals surface area contributed by atoms with Gasteiger partial charge in [0.05, 0.1) is 16.6 Å². The monoisotopic (exact) mass is 437 g/mol. The molecule has 1 rings (SSSR count). The van der Waals surface area contributed by atoms with E-state index in [1.807, 2.05) is 0 Å². The standard InChI is InChI=1S/C10H14ClN3O5S.C2HF3O2/c11-9-7-8(14(16)17)1-2-10(9)20(18,19)13(4-3-12)5-6-15;3-2(4,5)1(6)7/h1-2,7,15H,3-6,12H2;(H,6,7). The van der Waals surface area contributed by atoms with Gasteiger partial charge in [-0.2, -0.15) is 17.5 Å². The van der Waals surface area contributed by atoms with E-state index in [9.17, 15) is 31.7 Å². The van der Waals surface area contributed by atoms with Gasteiger partial charge in [-0.15, -0.1) is 0 Å². The summed E-state index contributed by atoms with van der Waals surface area (Å²) in [7, 11) is -3.96. The average molecular weight is 438 g/mol. The molecule has 0 unspecified atom stereocenters. The zero-order valence-corrected chi connectivity index (χ0v) is 15.0. The summed E-state index contributed by atoms with van der Waals surface area (Å²) in [4.78, 5) is 18.6. The van der Waals surface area contributed by atoms with Crippen LogP contribution in [-0.2, 0) is 14.8 Å². The number of aliphatic hydroxyl groups is 1. The fourth-order valence-electron chi connectivity index (χ4n) is 1.56. The van der Waals surface area contributed by atoms with Gasteiger partial charge in [0.1, 0.15) is 4.90 Å². The van der Waals surface area contributed by atoms with E-state index in [0.717, 1.165) is 22.5 Å². The van der Waals surface area contributed by atoms with Gasteiger partial charge in [-0.1, -0.05) is 11.6 Å². The molecule has 0 saturated heterocycles. The van der Waals surface area contributed by atoms with Crippen molar-refractivity contribution in [3.05, 3.63) is 33.3 Å². The molecule has 0 heterocycles. The molecule has 0 fully saturated rings. The number of sulfonamides is 1. The van der Waals surface area contributed by atoms with E-state index in [-0.39, 0.29) is 41.8 Å². The molecule has 0 aliphatic rings. The third kappa shape index (κ3) is 7.64. The summed E-state index contributed by atoms with van der Waals surface area (Å²) in [5.74, 6) is -2.76. The minimum atomic E-state index is -5.08. The predicted molar refractivity (Wildman–Crippen MR) is 86.7 cm³/mol. The first-order valence-corrected chi connectivity index (χ1v) is 8.66. The first-order valence-electron chi connectivity index (χ1n) is 6.84. The van der Waals surface area contributed by atoms with Gasteiger partial charge in [0.25, 0.3) is 5.69 Å². The lowest BCUT2D eigenvalue weighted by molar-refractivity contribution is -0.384. The highest BCUT2D eigenvalue weighted by molar-refractivity contribution is 7.89. The Morgan fingerprint density at radius 1 is 1.33 bits per heavy atom. The first-order chi connectivity index (χ1) is 12.3. The number of carboxylic acids is 1. The smallest absolute Gasteiger partial charge is 0.475 e. The van der Waals surface area contributed by atoms with Gasteiger partial charge in [-0.25, -0.2) is 13.2 Å². The van der Waals surface area contributed by atoms with Gasteiger partial charge >= 0.3 is 12.1 Å². The number of alkyl halides is 3. The van der Waals surface area contributed by atoms with Crippen molar-refractivity contribution in [3.63, 3.8) is 0 Å². The molecule has 0 bridgehead atoms. The summed E-state index contributed by atoms with van der Waals surface area (Å²) < 4.78 is 57.3. The number of nitro groups is 1. The summed E-state index contributed by atoms with van der Waals surface area (Å²) in [6.45, 7) is -0.420. The van der Waals surface area contributed by atoms with E-state index in [2.05, 4.69) is 0 Å². The summed E-state index contributed by atoms with van der Waals surface area (Å²) in [5, 5.41) is 26.4. The topological polar surface area (TPSA) is 164 Å². The second kappa shape index (κ2) is 10.4. The molecular formula is C12H15ClF3N3O7S. The zero-order valence-electron chi connectivity index (χ0n) is 13.4. The quantitative estimate of drug-likeness (QED) is 0.416. The molecule has 15 heteroatoms. The summed E-state index contributed by atoms with van der Waals surface area (Å²) >= 11 is 5.80. The van der Waals surface area contributed by atoms with Gasteiger partial charge in [0.2, 0.25) is 10.0 Å². The number of non-ortho nitro benzene ring substituents is 1. The van der Waals surface area contributed by atoms with Crippen LogP contribution in [0.15, 0.2) is 23.1 Å². The lowest BCUT2D eigenvalue weighted by Gasteiger charge is -2.21. The van der Waals surface area contributed by atoms with Crippen LogP contribution in [0.3, 0.4) is 0 Å². The number of nitrogens with two attached hydrogens (primary N) is 1. The molecule has 154 valence electrons. The van der Waals surface area contributed by atoms with Crippen LogP contribution in [0.5, 0.6) is 0 Å². The average Bonchev–Trinajstić information content (AvgIpc) is 2.53. The minimum Gasteiger partial charge on any atom is -0.475 e. The van der Waals surface area contributed by atoms with Gasteiger partial charge < -0.3 is 15.9 Å². The van der Waals surface area contributed by atoms with E-state index < -0.39 is 27.1 Å².